The van der Waals surface area contributed by atoms with E-state index in [1.807, 2.05) is 0 Å². The van der Waals surface area contributed by atoms with E-state index in [1.54, 1.807) is 19.1 Å². The van der Waals surface area contributed by atoms with Gasteiger partial charge in [-0.1, -0.05) is 0 Å². The molecule has 2 fully saturated rings. The summed E-state index contributed by atoms with van der Waals surface area (Å²) >= 11 is 0. The predicted octanol–water partition coefficient (Wildman–Crippen LogP) is 1.50. The van der Waals surface area contributed by atoms with Crippen LogP contribution in [0.15, 0.2) is 12.1 Å². The molecule has 0 bridgehead atoms. The molecule has 8 heteroatoms. The number of alkyl halides is 1. The van der Waals surface area contributed by atoms with Crippen LogP contribution < -0.4 is 16.0 Å². The molecular weight excluding hydrogens is 353 g/mol. The highest BCUT2D eigenvalue weighted by Crippen LogP contribution is 2.29. The molecule has 2 aliphatic rings. The van der Waals surface area contributed by atoms with Crippen LogP contribution in [0.25, 0.3) is 0 Å². The number of esters is 1. The van der Waals surface area contributed by atoms with Crippen molar-refractivity contribution in [1.82, 2.24) is 5.32 Å². The molecule has 2 aliphatic heterocycles. The maximum atomic E-state index is 14.0. The average Bonchev–Trinajstić information content (AvgIpc) is 2.68. The van der Waals surface area contributed by atoms with E-state index in [-0.39, 0.29) is 19.3 Å². The van der Waals surface area contributed by atoms with Crippen molar-refractivity contribution in [2.75, 3.05) is 56.8 Å². The lowest BCUT2D eigenvalue weighted by molar-refractivity contribution is 0.0135. The lowest BCUT2D eigenvalue weighted by Crippen LogP contribution is -2.44. The van der Waals surface area contributed by atoms with Gasteiger partial charge in [-0.15, -0.1) is 0 Å². The van der Waals surface area contributed by atoms with Crippen LogP contribution in [0, 0.1) is 0 Å². The number of carbonyl (C=O) groups excluding carboxylic acids is 1. The highest BCUT2D eigenvalue weighted by atomic mass is 19.1. The molecule has 0 saturated carbocycles. The van der Waals surface area contributed by atoms with Crippen molar-refractivity contribution < 1.29 is 23.4 Å². The molecule has 2 saturated heterocycles. The Bertz CT molecular complexity index is 652. The topological polar surface area (TPSA) is 86.0 Å². The fraction of sp³-hybridized carbons (Fsp3) is 0.632. The Kier molecular flexibility index (Phi) is 6.87. The standard InChI is InChI=1S/C19H28FN3O4/c1-2-27-19(24)14-10-18(23-4-7-25-8-5-23)16(21)9-13(14)11-22-17-3-6-26-12-15(17)20/h9-10,15,17,22H,2-8,11-12,21H2,1H3/t15-,17-/m0/s1. The third kappa shape index (κ3) is 4.88. The molecule has 2 atom stereocenters. The number of morpholine rings is 1. The summed E-state index contributed by atoms with van der Waals surface area (Å²) in [6, 6.07) is 3.28. The summed E-state index contributed by atoms with van der Waals surface area (Å²) in [7, 11) is 0. The van der Waals surface area contributed by atoms with E-state index < -0.39 is 12.1 Å². The molecule has 0 aromatic heterocycles. The van der Waals surface area contributed by atoms with Crippen molar-refractivity contribution >= 4 is 17.3 Å². The summed E-state index contributed by atoms with van der Waals surface area (Å²) < 4.78 is 29.7. The first-order chi connectivity index (χ1) is 13.1. The van der Waals surface area contributed by atoms with Crippen LogP contribution in [-0.2, 0) is 20.8 Å². The molecule has 3 rings (SSSR count). The third-order valence-corrected chi connectivity index (χ3v) is 4.94. The maximum absolute atomic E-state index is 14.0. The van der Waals surface area contributed by atoms with E-state index >= 15 is 0 Å². The van der Waals surface area contributed by atoms with Crippen LogP contribution in [0.2, 0.25) is 0 Å². The summed E-state index contributed by atoms with van der Waals surface area (Å²) in [6.45, 7) is 5.71. The van der Waals surface area contributed by atoms with Crippen LogP contribution in [0.3, 0.4) is 0 Å². The van der Waals surface area contributed by atoms with Gasteiger partial charge in [0.2, 0.25) is 0 Å². The molecular formula is C19H28FN3O4. The van der Waals surface area contributed by atoms with Crippen molar-refractivity contribution in [2.45, 2.75) is 32.1 Å². The van der Waals surface area contributed by atoms with E-state index in [0.717, 1.165) is 18.8 Å². The van der Waals surface area contributed by atoms with Gasteiger partial charge in [0.15, 0.2) is 0 Å². The van der Waals surface area contributed by atoms with Crippen LogP contribution >= 0.6 is 0 Å². The molecule has 2 heterocycles. The number of halogens is 1. The molecule has 1 aromatic carbocycles. The monoisotopic (exact) mass is 381 g/mol. The number of benzene rings is 1. The molecule has 27 heavy (non-hydrogen) atoms. The quantitative estimate of drug-likeness (QED) is 0.570. The van der Waals surface area contributed by atoms with Crippen molar-refractivity contribution in [2.24, 2.45) is 0 Å². The van der Waals surface area contributed by atoms with Gasteiger partial charge in [0.1, 0.15) is 6.17 Å². The van der Waals surface area contributed by atoms with Crippen LogP contribution in [0.1, 0.15) is 29.3 Å². The van der Waals surface area contributed by atoms with E-state index in [1.165, 1.54) is 0 Å². The zero-order valence-corrected chi connectivity index (χ0v) is 15.7. The number of carbonyl (C=O) groups is 1. The van der Waals surface area contributed by atoms with Crippen molar-refractivity contribution in [3.05, 3.63) is 23.3 Å². The molecule has 0 radical (unpaired) electrons. The number of nitrogen functional groups attached to an aromatic ring is 1. The minimum absolute atomic E-state index is 0.0977. The number of hydrogen-bond donors (Lipinski definition) is 2. The number of hydrogen-bond acceptors (Lipinski definition) is 7. The first kappa shape index (κ1) is 19.9. The fourth-order valence-electron chi connectivity index (χ4n) is 3.45. The van der Waals surface area contributed by atoms with Gasteiger partial charge in [-0.3, -0.25) is 0 Å². The normalized spacial score (nSPS) is 23.3. The van der Waals surface area contributed by atoms with Gasteiger partial charge >= 0.3 is 5.97 Å². The van der Waals surface area contributed by atoms with E-state index in [4.69, 9.17) is 19.9 Å². The largest absolute Gasteiger partial charge is 0.462 e. The van der Waals surface area contributed by atoms with E-state index in [9.17, 15) is 9.18 Å². The molecule has 0 unspecified atom stereocenters. The Morgan fingerprint density at radius 1 is 1.33 bits per heavy atom. The number of nitrogens with one attached hydrogen (secondary N) is 1. The second-order valence-electron chi connectivity index (χ2n) is 6.76. The first-order valence-electron chi connectivity index (χ1n) is 9.47. The second-order valence-corrected chi connectivity index (χ2v) is 6.76. The Labute approximate surface area is 158 Å². The van der Waals surface area contributed by atoms with Crippen LogP contribution in [0.5, 0.6) is 0 Å². The molecule has 1 aromatic rings. The summed E-state index contributed by atoms with van der Waals surface area (Å²) in [5.41, 5.74) is 8.84. The molecule has 0 aliphatic carbocycles. The summed E-state index contributed by atoms with van der Waals surface area (Å²) in [4.78, 5) is 14.6. The average molecular weight is 381 g/mol. The van der Waals surface area contributed by atoms with Crippen LogP contribution in [-0.4, -0.2) is 64.3 Å². The minimum Gasteiger partial charge on any atom is -0.462 e. The zero-order valence-electron chi connectivity index (χ0n) is 15.7. The Balaban J connectivity index is 1.82. The van der Waals surface area contributed by atoms with Gasteiger partial charge in [0.05, 0.1) is 43.4 Å². The Morgan fingerprint density at radius 3 is 2.81 bits per heavy atom. The van der Waals surface area contributed by atoms with E-state index in [2.05, 4.69) is 10.2 Å². The number of rotatable bonds is 6. The number of nitrogens with zero attached hydrogens (tertiary/aromatic N) is 1. The van der Waals surface area contributed by atoms with Crippen molar-refractivity contribution in [3.8, 4) is 0 Å². The molecule has 0 amide bonds. The smallest absolute Gasteiger partial charge is 0.338 e. The van der Waals surface area contributed by atoms with Gasteiger partial charge < -0.3 is 30.2 Å². The number of ether oxygens (including phenoxy) is 3. The molecule has 3 N–H and O–H groups in total. The van der Waals surface area contributed by atoms with Crippen LogP contribution in [0.4, 0.5) is 15.8 Å². The van der Waals surface area contributed by atoms with Gasteiger partial charge in [0.25, 0.3) is 0 Å². The van der Waals surface area contributed by atoms with Gasteiger partial charge in [-0.2, -0.15) is 0 Å². The number of anilines is 2. The summed E-state index contributed by atoms with van der Waals surface area (Å²) in [5.74, 6) is -0.396. The highest BCUT2D eigenvalue weighted by molar-refractivity contribution is 5.94. The van der Waals surface area contributed by atoms with E-state index in [0.29, 0.717) is 49.6 Å². The summed E-state index contributed by atoms with van der Waals surface area (Å²) in [5, 5.41) is 3.20. The third-order valence-electron chi connectivity index (χ3n) is 4.94. The van der Waals surface area contributed by atoms with Crippen molar-refractivity contribution in [3.63, 3.8) is 0 Å². The molecule has 0 spiro atoms. The summed E-state index contributed by atoms with van der Waals surface area (Å²) in [6.07, 6.45) is -0.466. The molecule has 150 valence electrons. The zero-order chi connectivity index (χ0) is 19.2. The van der Waals surface area contributed by atoms with Gasteiger partial charge in [0, 0.05) is 32.3 Å². The lowest BCUT2D eigenvalue weighted by atomic mass is 10.0. The first-order valence-corrected chi connectivity index (χ1v) is 9.47. The second kappa shape index (κ2) is 9.34. The number of nitrogens with two attached hydrogens (primary N) is 1. The highest BCUT2D eigenvalue weighted by Gasteiger charge is 2.26. The SMILES string of the molecule is CCOC(=O)c1cc(N2CCOCC2)c(N)cc1CN[C@H]1CCOC[C@@H]1F. The van der Waals surface area contributed by atoms with Gasteiger partial charge in [-0.05, 0) is 31.0 Å². The Hall–Kier alpha value is -1.90. The van der Waals surface area contributed by atoms with Gasteiger partial charge in [-0.25, -0.2) is 9.18 Å². The Morgan fingerprint density at radius 2 is 2.11 bits per heavy atom. The maximum Gasteiger partial charge on any atom is 0.338 e. The van der Waals surface area contributed by atoms with Crippen molar-refractivity contribution in [1.29, 1.82) is 0 Å². The fourth-order valence-corrected chi connectivity index (χ4v) is 3.45. The lowest BCUT2D eigenvalue weighted by Gasteiger charge is -2.31. The minimum atomic E-state index is -1.06. The molecule has 7 nitrogen and oxygen atoms in total. The predicted molar refractivity (Wildman–Crippen MR) is 101 cm³/mol.